The first-order valence-electron chi connectivity index (χ1n) is 6.69. The molecule has 0 bridgehead atoms. The molecule has 1 aliphatic rings. The SMILES string of the molecule is NC(=O)n1nc(-c2ccc(F)cc2Cl)c2c1NCCCC2. The lowest BCUT2D eigenvalue weighted by Crippen LogP contribution is -2.23. The van der Waals surface area contributed by atoms with Crippen LogP contribution in [0.1, 0.15) is 18.4 Å². The summed E-state index contributed by atoms with van der Waals surface area (Å²) < 4.78 is 14.4. The van der Waals surface area contributed by atoms with Gasteiger partial charge in [-0.15, -0.1) is 0 Å². The molecular weight excluding hydrogens is 295 g/mol. The van der Waals surface area contributed by atoms with E-state index in [9.17, 15) is 9.18 Å². The van der Waals surface area contributed by atoms with Crippen LogP contribution in [0.15, 0.2) is 18.2 Å². The molecule has 7 heteroatoms. The highest BCUT2D eigenvalue weighted by Crippen LogP contribution is 2.35. The summed E-state index contributed by atoms with van der Waals surface area (Å²) >= 11 is 6.11. The number of nitrogens with zero attached hydrogens (tertiary/aromatic N) is 2. The van der Waals surface area contributed by atoms with E-state index >= 15 is 0 Å². The zero-order chi connectivity index (χ0) is 15.0. The molecule has 3 N–H and O–H groups in total. The zero-order valence-electron chi connectivity index (χ0n) is 11.2. The molecule has 0 saturated carbocycles. The van der Waals surface area contributed by atoms with Gasteiger partial charge in [0.1, 0.15) is 11.6 Å². The largest absolute Gasteiger partial charge is 0.370 e. The van der Waals surface area contributed by atoms with E-state index in [0.717, 1.165) is 36.1 Å². The van der Waals surface area contributed by atoms with Crippen LogP contribution in [-0.4, -0.2) is 22.4 Å². The lowest BCUT2D eigenvalue weighted by atomic mass is 10.0. The van der Waals surface area contributed by atoms with Gasteiger partial charge in [0.25, 0.3) is 0 Å². The normalized spacial score (nSPS) is 14.2. The molecule has 2 heterocycles. The average molecular weight is 309 g/mol. The Hall–Kier alpha value is -2.08. The van der Waals surface area contributed by atoms with Crippen molar-refractivity contribution in [1.29, 1.82) is 0 Å². The van der Waals surface area contributed by atoms with Crippen molar-refractivity contribution in [3.05, 3.63) is 34.6 Å². The van der Waals surface area contributed by atoms with E-state index in [4.69, 9.17) is 17.3 Å². The quantitative estimate of drug-likeness (QED) is 0.850. The first-order valence-corrected chi connectivity index (χ1v) is 7.06. The summed E-state index contributed by atoms with van der Waals surface area (Å²) in [7, 11) is 0. The first-order chi connectivity index (χ1) is 10.1. The molecule has 1 aromatic carbocycles. The third-order valence-corrected chi connectivity index (χ3v) is 3.84. The van der Waals surface area contributed by atoms with E-state index in [0.29, 0.717) is 17.1 Å². The molecule has 21 heavy (non-hydrogen) atoms. The number of fused-ring (bicyclic) bond motifs is 1. The van der Waals surface area contributed by atoms with E-state index < -0.39 is 11.8 Å². The molecule has 2 aromatic rings. The minimum absolute atomic E-state index is 0.260. The lowest BCUT2D eigenvalue weighted by Gasteiger charge is -2.05. The van der Waals surface area contributed by atoms with Crippen molar-refractivity contribution in [2.24, 2.45) is 5.73 Å². The zero-order valence-corrected chi connectivity index (χ0v) is 12.0. The summed E-state index contributed by atoms with van der Waals surface area (Å²) in [4.78, 5) is 11.6. The number of carbonyl (C=O) groups is 1. The number of aromatic nitrogens is 2. The maximum Gasteiger partial charge on any atom is 0.341 e. The highest BCUT2D eigenvalue weighted by molar-refractivity contribution is 6.33. The first kappa shape index (κ1) is 13.9. The number of rotatable bonds is 1. The molecule has 1 amide bonds. The van der Waals surface area contributed by atoms with Gasteiger partial charge >= 0.3 is 6.03 Å². The molecule has 5 nitrogen and oxygen atoms in total. The van der Waals surface area contributed by atoms with Crippen LogP contribution in [0.2, 0.25) is 5.02 Å². The van der Waals surface area contributed by atoms with Crippen molar-refractivity contribution in [2.75, 3.05) is 11.9 Å². The molecule has 0 spiro atoms. The number of carbonyl (C=O) groups excluding carboxylic acids is 1. The van der Waals surface area contributed by atoms with Gasteiger partial charge in [0.15, 0.2) is 0 Å². The Balaban J connectivity index is 2.20. The summed E-state index contributed by atoms with van der Waals surface area (Å²) in [6, 6.07) is 3.46. The molecule has 0 atom stereocenters. The Morgan fingerprint density at radius 2 is 2.24 bits per heavy atom. The average Bonchev–Trinajstić information content (AvgIpc) is 2.63. The van der Waals surface area contributed by atoms with E-state index in [-0.39, 0.29) is 5.02 Å². The fourth-order valence-corrected chi connectivity index (χ4v) is 2.82. The minimum atomic E-state index is -0.662. The van der Waals surface area contributed by atoms with E-state index in [1.807, 2.05) is 0 Å². The van der Waals surface area contributed by atoms with Gasteiger partial charge in [-0.05, 0) is 37.5 Å². The van der Waals surface area contributed by atoms with Crippen molar-refractivity contribution in [1.82, 2.24) is 9.78 Å². The molecule has 0 unspecified atom stereocenters. The predicted octanol–water partition coefficient (Wildman–Crippen LogP) is 3.02. The summed E-state index contributed by atoms with van der Waals surface area (Å²) in [5.74, 6) is 0.192. The van der Waals surface area contributed by atoms with Gasteiger partial charge in [0, 0.05) is 17.7 Å². The number of hydrogen-bond acceptors (Lipinski definition) is 3. The second kappa shape index (κ2) is 5.37. The molecule has 3 rings (SSSR count). The molecule has 0 fully saturated rings. The maximum atomic E-state index is 13.2. The van der Waals surface area contributed by atoms with Crippen LogP contribution in [0.5, 0.6) is 0 Å². The number of halogens is 2. The standard InChI is InChI=1S/C14H14ClFN4O/c15-11-7-8(16)4-5-9(11)12-10-3-1-2-6-18-13(10)20(19-12)14(17)21/h4-5,7,18H,1-3,6H2,(H2,17,21). The van der Waals surface area contributed by atoms with Crippen molar-refractivity contribution >= 4 is 23.4 Å². The van der Waals surface area contributed by atoms with Crippen LogP contribution in [0.4, 0.5) is 15.0 Å². The third kappa shape index (κ3) is 2.47. The van der Waals surface area contributed by atoms with E-state index in [1.54, 1.807) is 6.07 Å². The summed E-state index contributed by atoms with van der Waals surface area (Å²) in [5, 5.41) is 7.71. The second-order valence-corrected chi connectivity index (χ2v) is 5.34. The smallest absolute Gasteiger partial charge is 0.341 e. The summed E-state index contributed by atoms with van der Waals surface area (Å²) in [6.07, 6.45) is 2.72. The Kier molecular flexibility index (Phi) is 3.55. The lowest BCUT2D eigenvalue weighted by molar-refractivity contribution is 0.248. The van der Waals surface area contributed by atoms with Gasteiger partial charge in [0.05, 0.1) is 10.7 Å². The molecular formula is C14H14ClFN4O. The van der Waals surface area contributed by atoms with E-state index in [2.05, 4.69) is 10.4 Å². The summed E-state index contributed by atoms with van der Waals surface area (Å²) in [6.45, 7) is 0.753. The third-order valence-electron chi connectivity index (χ3n) is 3.52. The highest BCUT2D eigenvalue weighted by atomic mass is 35.5. The number of nitrogens with two attached hydrogens (primary N) is 1. The number of benzene rings is 1. The second-order valence-electron chi connectivity index (χ2n) is 4.93. The van der Waals surface area contributed by atoms with Crippen molar-refractivity contribution < 1.29 is 9.18 Å². The van der Waals surface area contributed by atoms with Crippen molar-refractivity contribution in [3.8, 4) is 11.3 Å². The Morgan fingerprint density at radius 3 is 2.95 bits per heavy atom. The molecule has 0 aliphatic carbocycles. The number of nitrogens with one attached hydrogen (secondary N) is 1. The van der Waals surface area contributed by atoms with Crippen molar-refractivity contribution in [3.63, 3.8) is 0 Å². The number of primary amides is 1. The minimum Gasteiger partial charge on any atom is -0.370 e. The molecule has 1 aromatic heterocycles. The monoisotopic (exact) mass is 308 g/mol. The van der Waals surface area contributed by atoms with Crippen LogP contribution in [0.25, 0.3) is 11.3 Å². The number of amides is 1. The molecule has 0 saturated heterocycles. The van der Waals surface area contributed by atoms with Gasteiger partial charge in [-0.25, -0.2) is 9.18 Å². The highest BCUT2D eigenvalue weighted by Gasteiger charge is 2.24. The molecule has 1 aliphatic heterocycles. The topological polar surface area (TPSA) is 72.9 Å². The van der Waals surface area contributed by atoms with Crippen LogP contribution < -0.4 is 11.1 Å². The fourth-order valence-electron chi connectivity index (χ4n) is 2.56. The predicted molar refractivity (Wildman–Crippen MR) is 79.0 cm³/mol. The van der Waals surface area contributed by atoms with Gasteiger partial charge < -0.3 is 11.1 Å². The van der Waals surface area contributed by atoms with Crippen LogP contribution in [0.3, 0.4) is 0 Å². The van der Waals surface area contributed by atoms with Gasteiger partial charge in [-0.3, -0.25) is 0 Å². The van der Waals surface area contributed by atoms with Gasteiger partial charge in [0.2, 0.25) is 0 Å². The number of anilines is 1. The van der Waals surface area contributed by atoms with Crippen LogP contribution in [0, 0.1) is 5.82 Å². The molecule has 0 radical (unpaired) electrons. The van der Waals surface area contributed by atoms with Crippen molar-refractivity contribution in [2.45, 2.75) is 19.3 Å². The van der Waals surface area contributed by atoms with Crippen LogP contribution in [-0.2, 0) is 6.42 Å². The maximum absolute atomic E-state index is 13.2. The fraction of sp³-hybridized carbons (Fsp3) is 0.286. The van der Waals surface area contributed by atoms with E-state index in [1.165, 1.54) is 12.1 Å². The Morgan fingerprint density at radius 1 is 1.43 bits per heavy atom. The summed E-state index contributed by atoms with van der Waals surface area (Å²) in [5.41, 5.74) is 7.43. The Bertz CT molecular complexity index is 713. The van der Waals surface area contributed by atoms with Gasteiger partial charge in [-0.1, -0.05) is 11.6 Å². The number of hydrogen-bond donors (Lipinski definition) is 2. The van der Waals surface area contributed by atoms with Gasteiger partial charge in [-0.2, -0.15) is 9.78 Å². The molecule has 110 valence electrons. The van der Waals surface area contributed by atoms with Crippen LogP contribution >= 0.6 is 11.6 Å². The Labute approximate surface area is 125 Å².